The number of carbonyl (C=O) groups is 2. The van der Waals surface area contributed by atoms with Crippen molar-refractivity contribution in [3.05, 3.63) is 82.8 Å². The van der Waals surface area contributed by atoms with E-state index in [2.05, 4.69) is 4.98 Å². The zero-order chi connectivity index (χ0) is 20.4. The predicted molar refractivity (Wildman–Crippen MR) is 112 cm³/mol. The highest BCUT2D eigenvalue weighted by Gasteiger charge is 2.23. The molecule has 2 aromatic carbocycles. The van der Waals surface area contributed by atoms with Crippen molar-refractivity contribution in [1.82, 2.24) is 4.98 Å². The van der Waals surface area contributed by atoms with Crippen molar-refractivity contribution in [3.8, 4) is 0 Å². The van der Waals surface area contributed by atoms with E-state index in [0.29, 0.717) is 32.6 Å². The minimum Gasteiger partial charge on any atom is -0.467 e. The van der Waals surface area contributed by atoms with Crippen LogP contribution in [0.5, 0.6) is 0 Å². The van der Waals surface area contributed by atoms with Crippen LogP contribution in [-0.4, -0.2) is 24.0 Å². The maximum atomic E-state index is 13.3. The van der Waals surface area contributed by atoms with Crippen LogP contribution in [0.4, 0.5) is 5.13 Å². The van der Waals surface area contributed by atoms with Crippen molar-refractivity contribution in [3.63, 3.8) is 0 Å². The molecule has 0 bridgehead atoms. The fourth-order valence-corrected chi connectivity index (χ4v) is 4.09. The molecular weight excluding hydrogens is 412 g/mol. The third kappa shape index (κ3) is 3.87. The maximum absolute atomic E-state index is 13.3. The van der Waals surface area contributed by atoms with Gasteiger partial charge in [0.2, 0.25) is 0 Å². The molecule has 4 aromatic rings. The lowest BCUT2D eigenvalue weighted by molar-refractivity contribution is 0.0600. The number of methoxy groups -OCH3 is 1. The second-order valence-electron chi connectivity index (χ2n) is 6.12. The monoisotopic (exact) mass is 426 g/mol. The van der Waals surface area contributed by atoms with E-state index >= 15 is 0 Å². The zero-order valence-electron chi connectivity index (χ0n) is 15.3. The van der Waals surface area contributed by atoms with Crippen molar-refractivity contribution in [2.24, 2.45) is 0 Å². The summed E-state index contributed by atoms with van der Waals surface area (Å²) in [6.07, 6.45) is 1.55. The second-order valence-corrected chi connectivity index (χ2v) is 7.54. The normalized spacial score (nSPS) is 10.8. The quantitative estimate of drug-likeness (QED) is 0.411. The Morgan fingerprint density at radius 2 is 1.86 bits per heavy atom. The highest BCUT2D eigenvalue weighted by molar-refractivity contribution is 7.22. The van der Waals surface area contributed by atoms with Crippen LogP contribution in [0.3, 0.4) is 0 Å². The summed E-state index contributed by atoms with van der Waals surface area (Å²) in [6.45, 7) is 0.210. The summed E-state index contributed by atoms with van der Waals surface area (Å²) in [4.78, 5) is 31.0. The predicted octanol–water partition coefficient (Wildman–Crippen LogP) is 5.18. The van der Waals surface area contributed by atoms with Crippen molar-refractivity contribution in [2.75, 3.05) is 12.0 Å². The first kappa shape index (κ1) is 19.2. The molecule has 0 aliphatic carbocycles. The Bertz CT molecular complexity index is 1170. The Morgan fingerprint density at radius 3 is 2.52 bits per heavy atom. The Morgan fingerprint density at radius 1 is 1.10 bits per heavy atom. The van der Waals surface area contributed by atoms with Gasteiger partial charge >= 0.3 is 5.97 Å². The summed E-state index contributed by atoms with van der Waals surface area (Å²) in [7, 11) is 1.31. The number of anilines is 1. The first-order valence-corrected chi connectivity index (χ1v) is 9.84. The van der Waals surface area contributed by atoms with Crippen LogP contribution < -0.4 is 4.90 Å². The number of amides is 1. The van der Waals surface area contributed by atoms with Gasteiger partial charge in [0, 0.05) is 5.56 Å². The summed E-state index contributed by atoms with van der Waals surface area (Å²) in [6, 6.07) is 15.4. The van der Waals surface area contributed by atoms with Crippen LogP contribution in [-0.2, 0) is 11.3 Å². The van der Waals surface area contributed by atoms with Gasteiger partial charge in [-0.2, -0.15) is 0 Å². The van der Waals surface area contributed by atoms with E-state index in [-0.39, 0.29) is 12.5 Å². The highest BCUT2D eigenvalue weighted by Crippen LogP contribution is 2.34. The molecular formula is C21H15ClN2O4S. The van der Waals surface area contributed by atoms with Gasteiger partial charge in [-0.05, 0) is 48.5 Å². The van der Waals surface area contributed by atoms with Crippen LogP contribution >= 0.6 is 22.9 Å². The average Bonchev–Trinajstić information content (AvgIpc) is 3.41. The molecule has 8 heteroatoms. The fourth-order valence-electron chi connectivity index (χ4n) is 2.83. The molecule has 0 saturated heterocycles. The Balaban J connectivity index is 1.72. The third-order valence-corrected chi connectivity index (χ3v) is 5.63. The molecule has 0 fully saturated rings. The SMILES string of the molecule is COC(=O)c1ccc(C(=O)N(Cc2ccco2)c2nc3c(Cl)cccc3s2)cc1. The van der Waals surface area contributed by atoms with Gasteiger partial charge in [-0.1, -0.05) is 29.0 Å². The lowest BCUT2D eigenvalue weighted by atomic mass is 10.1. The van der Waals surface area contributed by atoms with Gasteiger partial charge in [0.25, 0.3) is 5.91 Å². The van der Waals surface area contributed by atoms with Gasteiger partial charge in [-0.15, -0.1) is 0 Å². The van der Waals surface area contributed by atoms with Crippen molar-refractivity contribution in [1.29, 1.82) is 0 Å². The lowest BCUT2D eigenvalue weighted by Crippen LogP contribution is -2.30. The van der Waals surface area contributed by atoms with Crippen LogP contribution in [0.1, 0.15) is 26.5 Å². The molecule has 0 aliphatic rings. The van der Waals surface area contributed by atoms with Gasteiger partial charge in [-0.25, -0.2) is 9.78 Å². The number of rotatable bonds is 5. The number of benzene rings is 2. The zero-order valence-corrected chi connectivity index (χ0v) is 16.9. The molecule has 29 heavy (non-hydrogen) atoms. The van der Waals surface area contributed by atoms with Gasteiger partial charge in [0.15, 0.2) is 5.13 Å². The van der Waals surface area contributed by atoms with Crippen molar-refractivity contribution in [2.45, 2.75) is 6.54 Å². The Labute approximate surface area is 175 Å². The second kappa shape index (κ2) is 8.06. The molecule has 0 atom stereocenters. The van der Waals surface area contributed by atoms with Crippen LogP contribution in [0.25, 0.3) is 10.2 Å². The van der Waals surface area contributed by atoms with E-state index in [1.165, 1.54) is 23.3 Å². The summed E-state index contributed by atoms with van der Waals surface area (Å²) in [5, 5.41) is 1.03. The lowest BCUT2D eigenvalue weighted by Gasteiger charge is -2.19. The summed E-state index contributed by atoms with van der Waals surface area (Å²) in [5.41, 5.74) is 1.43. The molecule has 0 N–H and O–H groups in total. The van der Waals surface area contributed by atoms with Crippen LogP contribution in [0, 0.1) is 0 Å². The fraction of sp³-hybridized carbons (Fsp3) is 0.0952. The number of fused-ring (bicyclic) bond motifs is 1. The van der Waals surface area contributed by atoms with Crippen molar-refractivity contribution < 1.29 is 18.7 Å². The summed E-state index contributed by atoms with van der Waals surface area (Å²) in [5.74, 6) is -0.111. The van der Waals surface area contributed by atoms with E-state index < -0.39 is 5.97 Å². The number of ether oxygens (including phenoxy) is 1. The number of aromatic nitrogens is 1. The molecule has 0 spiro atoms. The van der Waals surface area contributed by atoms with Gasteiger partial charge in [0.05, 0.1) is 35.2 Å². The first-order valence-electron chi connectivity index (χ1n) is 8.64. The molecule has 2 aromatic heterocycles. The van der Waals surface area contributed by atoms with Gasteiger partial charge < -0.3 is 9.15 Å². The van der Waals surface area contributed by atoms with Crippen LogP contribution in [0.15, 0.2) is 65.3 Å². The highest BCUT2D eigenvalue weighted by atomic mass is 35.5. The standard InChI is InChI=1S/C21H15ClN2O4S/c1-27-20(26)14-9-7-13(8-10-14)19(25)24(12-15-4-3-11-28-15)21-23-18-16(22)5-2-6-17(18)29-21/h2-11H,12H2,1H3. The number of nitrogens with zero attached hydrogens (tertiary/aromatic N) is 2. The number of thiazole rings is 1. The number of hydrogen-bond donors (Lipinski definition) is 0. The summed E-state index contributed by atoms with van der Waals surface area (Å²) < 4.78 is 11.0. The van der Waals surface area contributed by atoms with E-state index in [4.69, 9.17) is 20.8 Å². The number of carbonyl (C=O) groups excluding carboxylic acids is 2. The minimum atomic E-state index is -0.461. The van der Waals surface area contributed by atoms with E-state index in [1.54, 1.807) is 48.7 Å². The molecule has 6 nitrogen and oxygen atoms in total. The largest absolute Gasteiger partial charge is 0.467 e. The topological polar surface area (TPSA) is 72.6 Å². The van der Waals surface area contributed by atoms with Gasteiger partial charge in [0.1, 0.15) is 11.3 Å². The average molecular weight is 427 g/mol. The molecule has 1 amide bonds. The smallest absolute Gasteiger partial charge is 0.337 e. The third-order valence-electron chi connectivity index (χ3n) is 4.28. The number of furan rings is 1. The molecule has 0 radical (unpaired) electrons. The Hall–Kier alpha value is -3.16. The van der Waals surface area contributed by atoms with Gasteiger partial charge in [-0.3, -0.25) is 9.69 Å². The Kier molecular flexibility index (Phi) is 5.33. The molecule has 2 heterocycles. The maximum Gasteiger partial charge on any atom is 0.337 e. The minimum absolute atomic E-state index is 0.210. The molecule has 146 valence electrons. The number of esters is 1. The summed E-state index contributed by atoms with van der Waals surface area (Å²) >= 11 is 7.62. The van der Waals surface area contributed by atoms with E-state index in [9.17, 15) is 9.59 Å². The number of para-hydroxylation sites is 1. The molecule has 4 rings (SSSR count). The molecule has 0 saturated carbocycles. The first-order chi connectivity index (χ1) is 14.1. The number of hydrogen-bond acceptors (Lipinski definition) is 6. The van der Waals surface area contributed by atoms with Crippen LogP contribution in [0.2, 0.25) is 5.02 Å². The van der Waals surface area contributed by atoms with E-state index in [1.807, 2.05) is 12.1 Å². The molecule has 0 unspecified atom stereocenters. The van der Waals surface area contributed by atoms with E-state index in [0.717, 1.165) is 4.70 Å². The van der Waals surface area contributed by atoms with Crippen molar-refractivity contribution >= 4 is 50.2 Å². The molecule has 0 aliphatic heterocycles. The number of halogens is 1.